The van der Waals surface area contributed by atoms with Crippen molar-refractivity contribution in [1.82, 2.24) is 9.62 Å². The number of carbonyl (C=O) groups excluding carboxylic acids is 1. The topological polar surface area (TPSA) is 69.7 Å². The molecular formula is C30H31BrClN3O3S. The van der Waals surface area contributed by atoms with Crippen LogP contribution in [0.5, 0.6) is 0 Å². The Balaban J connectivity index is 1.19. The SMILES string of the molecule is O=C(NS(=O)(=O)c1ccccc1Br)c1ccc(N2CCN(CC3=C(c4ccc(Cl)cc4)CCCC3)CC2)cc1. The van der Waals surface area contributed by atoms with Crippen molar-refractivity contribution >= 4 is 54.7 Å². The van der Waals surface area contributed by atoms with Gasteiger partial charge in [0.25, 0.3) is 15.9 Å². The number of allylic oxidation sites excluding steroid dienone is 1. The van der Waals surface area contributed by atoms with Gasteiger partial charge in [0.05, 0.1) is 0 Å². The fraction of sp³-hybridized carbons (Fsp3) is 0.300. The van der Waals surface area contributed by atoms with Crippen LogP contribution in [-0.4, -0.2) is 51.9 Å². The summed E-state index contributed by atoms with van der Waals surface area (Å²) in [5.74, 6) is -0.653. The second-order valence-electron chi connectivity index (χ2n) is 9.97. The van der Waals surface area contributed by atoms with E-state index in [1.165, 1.54) is 30.0 Å². The molecule has 6 nitrogen and oxygen atoms in total. The molecule has 39 heavy (non-hydrogen) atoms. The van der Waals surface area contributed by atoms with E-state index in [0.29, 0.717) is 10.0 Å². The Kier molecular flexibility index (Phi) is 8.76. The van der Waals surface area contributed by atoms with Gasteiger partial charge in [-0.3, -0.25) is 9.69 Å². The number of nitrogens with zero attached hydrogens (tertiary/aromatic N) is 2. The predicted octanol–water partition coefficient (Wildman–Crippen LogP) is 6.37. The molecule has 1 aliphatic carbocycles. The quantitative estimate of drug-likeness (QED) is 0.329. The summed E-state index contributed by atoms with van der Waals surface area (Å²) in [4.78, 5) is 17.5. The summed E-state index contributed by atoms with van der Waals surface area (Å²) < 4.78 is 27.9. The Morgan fingerprint density at radius 1 is 0.872 bits per heavy atom. The maximum absolute atomic E-state index is 12.7. The van der Waals surface area contributed by atoms with Crippen molar-refractivity contribution < 1.29 is 13.2 Å². The molecule has 0 unspecified atom stereocenters. The molecule has 3 aromatic carbocycles. The standard InChI is InChI=1S/C30H31BrClN3O3S/c31-28-7-3-4-8-29(28)39(37,38)33-30(36)23-11-15-26(16-12-23)35-19-17-34(18-20-35)21-24-5-1-2-6-27(24)22-9-13-25(32)14-10-22/h3-4,7-16H,1-2,5-6,17-21H2,(H,33,36). The van der Waals surface area contributed by atoms with E-state index in [1.54, 1.807) is 35.9 Å². The van der Waals surface area contributed by atoms with Crippen LogP contribution in [0.25, 0.3) is 5.57 Å². The normalized spacial score (nSPS) is 16.8. The minimum atomic E-state index is -3.98. The number of amides is 1. The molecule has 1 aliphatic heterocycles. The highest BCUT2D eigenvalue weighted by Gasteiger charge is 2.23. The predicted molar refractivity (Wildman–Crippen MR) is 161 cm³/mol. The fourth-order valence-corrected chi connectivity index (χ4v) is 7.40. The number of rotatable bonds is 7. The molecule has 0 atom stereocenters. The van der Waals surface area contributed by atoms with Gasteiger partial charge in [0.1, 0.15) is 4.90 Å². The summed E-state index contributed by atoms with van der Waals surface area (Å²) in [6.45, 7) is 4.71. The van der Waals surface area contributed by atoms with Crippen LogP contribution in [0.15, 0.2) is 87.7 Å². The zero-order valence-corrected chi connectivity index (χ0v) is 24.7. The van der Waals surface area contributed by atoms with Gasteiger partial charge in [0.2, 0.25) is 0 Å². The van der Waals surface area contributed by atoms with Gasteiger partial charge >= 0.3 is 0 Å². The van der Waals surface area contributed by atoms with Gasteiger partial charge in [0.15, 0.2) is 0 Å². The third-order valence-corrected chi connectivity index (χ3v) is 10.0. The van der Waals surface area contributed by atoms with E-state index in [2.05, 4.69) is 42.6 Å². The Morgan fingerprint density at radius 2 is 1.54 bits per heavy atom. The molecule has 0 spiro atoms. The smallest absolute Gasteiger partial charge is 0.265 e. The zero-order chi connectivity index (χ0) is 27.4. The lowest BCUT2D eigenvalue weighted by Crippen LogP contribution is -2.47. The van der Waals surface area contributed by atoms with Gasteiger partial charge in [-0.2, -0.15) is 0 Å². The van der Waals surface area contributed by atoms with Crippen molar-refractivity contribution in [3.05, 3.63) is 99.0 Å². The minimum Gasteiger partial charge on any atom is -0.369 e. The molecule has 1 fully saturated rings. The first-order chi connectivity index (χ1) is 18.8. The number of sulfonamides is 1. The van der Waals surface area contributed by atoms with Crippen LogP contribution in [0.3, 0.4) is 0 Å². The van der Waals surface area contributed by atoms with Crippen LogP contribution in [0.2, 0.25) is 5.02 Å². The number of carbonyl (C=O) groups is 1. The maximum Gasteiger partial charge on any atom is 0.265 e. The Morgan fingerprint density at radius 3 is 2.23 bits per heavy atom. The van der Waals surface area contributed by atoms with Crippen molar-refractivity contribution in [2.45, 2.75) is 30.6 Å². The average Bonchev–Trinajstić information content (AvgIpc) is 2.94. The van der Waals surface area contributed by atoms with Crippen LogP contribution < -0.4 is 9.62 Å². The molecule has 5 rings (SSSR count). The molecule has 204 valence electrons. The number of nitrogens with one attached hydrogen (secondary N) is 1. The Bertz CT molecular complexity index is 1470. The Labute approximate surface area is 243 Å². The van der Waals surface area contributed by atoms with E-state index in [-0.39, 0.29) is 4.90 Å². The lowest BCUT2D eigenvalue weighted by atomic mass is 9.87. The van der Waals surface area contributed by atoms with Crippen LogP contribution in [0.4, 0.5) is 5.69 Å². The van der Waals surface area contributed by atoms with Gasteiger partial charge in [-0.25, -0.2) is 13.1 Å². The van der Waals surface area contributed by atoms with Crippen LogP contribution in [0, 0.1) is 0 Å². The summed E-state index contributed by atoms with van der Waals surface area (Å²) in [5, 5.41) is 0.770. The summed E-state index contributed by atoms with van der Waals surface area (Å²) in [5.41, 5.74) is 5.65. The largest absolute Gasteiger partial charge is 0.369 e. The molecule has 1 heterocycles. The molecule has 0 saturated carbocycles. The third-order valence-electron chi connectivity index (χ3n) is 7.41. The number of halogens is 2. The fourth-order valence-electron chi connectivity index (χ4n) is 5.30. The van der Waals surface area contributed by atoms with Crippen molar-refractivity contribution in [1.29, 1.82) is 0 Å². The average molecular weight is 629 g/mol. The monoisotopic (exact) mass is 627 g/mol. The summed E-state index contributed by atoms with van der Waals surface area (Å²) >= 11 is 9.34. The van der Waals surface area contributed by atoms with Crippen molar-refractivity contribution in [3.63, 3.8) is 0 Å². The molecule has 1 N–H and O–H groups in total. The van der Waals surface area contributed by atoms with Crippen LogP contribution in [-0.2, 0) is 10.0 Å². The van der Waals surface area contributed by atoms with Crippen LogP contribution in [0.1, 0.15) is 41.6 Å². The number of anilines is 1. The van der Waals surface area contributed by atoms with Gasteiger partial charge in [-0.1, -0.05) is 41.4 Å². The first kappa shape index (κ1) is 27.9. The van der Waals surface area contributed by atoms with E-state index >= 15 is 0 Å². The van der Waals surface area contributed by atoms with Gasteiger partial charge < -0.3 is 4.90 Å². The molecule has 0 radical (unpaired) electrons. The first-order valence-corrected chi connectivity index (χ1v) is 15.8. The second-order valence-corrected chi connectivity index (χ2v) is 12.9. The molecule has 3 aromatic rings. The van der Waals surface area contributed by atoms with Crippen molar-refractivity contribution in [2.24, 2.45) is 0 Å². The van der Waals surface area contributed by atoms with Crippen molar-refractivity contribution in [2.75, 3.05) is 37.6 Å². The van der Waals surface area contributed by atoms with E-state index in [9.17, 15) is 13.2 Å². The summed E-state index contributed by atoms with van der Waals surface area (Å²) in [6.07, 6.45) is 4.76. The summed E-state index contributed by atoms with van der Waals surface area (Å²) in [7, 11) is -3.98. The van der Waals surface area contributed by atoms with Crippen molar-refractivity contribution in [3.8, 4) is 0 Å². The highest BCUT2D eigenvalue weighted by atomic mass is 79.9. The molecule has 1 amide bonds. The first-order valence-electron chi connectivity index (χ1n) is 13.2. The number of benzene rings is 3. The Hall–Kier alpha value is -2.65. The van der Waals surface area contributed by atoms with Gasteiger partial charge in [-0.05, 0) is 101 Å². The highest BCUT2D eigenvalue weighted by Crippen LogP contribution is 2.33. The molecule has 9 heteroatoms. The number of hydrogen-bond donors (Lipinski definition) is 1. The van der Waals surface area contributed by atoms with E-state index in [0.717, 1.165) is 56.3 Å². The van der Waals surface area contributed by atoms with E-state index in [1.807, 2.05) is 24.3 Å². The van der Waals surface area contributed by atoms with E-state index in [4.69, 9.17) is 11.6 Å². The molecule has 1 saturated heterocycles. The molecule has 0 bridgehead atoms. The molecular weight excluding hydrogens is 598 g/mol. The molecule has 0 aromatic heterocycles. The van der Waals surface area contributed by atoms with Gasteiger partial charge in [0, 0.05) is 53.5 Å². The third kappa shape index (κ3) is 6.74. The lowest BCUT2D eigenvalue weighted by molar-refractivity contribution is 0.0981. The maximum atomic E-state index is 12.7. The zero-order valence-electron chi connectivity index (χ0n) is 21.6. The molecule has 2 aliphatic rings. The lowest BCUT2D eigenvalue weighted by Gasteiger charge is -2.37. The van der Waals surface area contributed by atoms with Gasteiger partial charge in [-0.15, -0.1) is 0 Å². The number of hydrogen-bond acceptors (Lipinski definition) is 5. The van der Waals surface area contributed by atoms with E-state index < -0.39 is 15.9 Å². The minimum absolute atomic E-state index is 0.0251. The summed E-state index contributed by atoms with van der Waals surface area (Å²) in [6, 6.07) is 21.8. The highest BCUT2D eigenvalue weighted by molar-refractivity contribution is 9.10. The number of piperazine rings is 1. The van der Waals surface area contributed by atoms with Crippen LogP contribution >= 0.6 is 27.5 Å². The second kappa shape index (κ2) is 12.3.